The van der Waals surface area contributed by atoms with Gasteiger partial charge in [-0.2, -0.15) is 0 Å². The summed E-state index contributed by atoms with van der Waals surface area (Å²) in [6.07, 6.45) is 3.95. The van der Waals surface area contributed by atoms with Gasteiger partial charge in [0.2, 0.25) is 0 Å². The average molecular weight is 300 g/mol. The quantitative estimate of drug-likeness (QED) is 0.646. The summed E-state index contributed by atoms with van der Waals surface area (Å²) in [6, 6.07) is 6.03. The van der Waals surface area contributed by atoms with Gasteiger partial charge in [0.05, 0.1) is 0 Å². The van der Waals surface area contributed by atoms with E-state index in [9.17, 15) is 0 Å². The Hall–Kier alpha value is -0.500. The van der Waals surface area contributed by atoms with E-state index in [-0.39, 0.29) is 0 Å². The number of nitrogens with one attached hydrogen (secondary N) is 1. The number of hydrogen-bond donors (Lipinski definition) is 1. The molecule has 0 spiro atoms. The fourth-order valence-electron chi connectivity index (χ4n) is 2.03. The fourth-order valence-corrected chi connectivity index (χ4v) is 2.58. The molecule has 1 atom stereocenters. The molecular formula is C16H23Cl2N. The number of rotatable bonds is 8. The van der Waals surface area contributed by atoms with Gasteiger partial charge >= 0.3 is 0 Å². The van der Waals surface area contributed by atoms with Crippen molar-refractivity contribution in [1.29, 1.82) is 0 Å². The Balaban J connectivity index is 2.78. The number of hydrogen-bond acceptors (Lipinski definition) is 1. The van der Waals surface area contributed by atoms with Crippen molar-refractivity contribution in [3.8, 4) is 0 Å². The number of benzene rings is 1. The minimum Gasteiger partial charge on any atom is -0.313 e. The van der Waals surface area contributed by atoms with Crippen LogP contribution < -0.4 is 5.32 Å². The van der Waals surface area contributed by atoms with Gasteiger partial charge in [0.25, 0.3) is 0 Å². The van der Waals surface area contributed by atoms with Gasteiger partial charge in [-0.25, -0.2) is 0 Å². The van der Waals surface area contributed by atoms with Crippen LogP contribution in [0.25, 0.3) is 0 Å². The molecule has 0 heterocycles. The molecule has 3 heteroatoms. The molecule has 1 N–H and O–H groups in total. The van der Waals surface area contributed by atoms with Gasteiger partial charge in [-0.1, -0.05) is 55.3 Å². The van der Waals surface area contributed by atoms with Crippen molar-refractivity contribution in [1.82, 2.24) is 5.32 Å². The predicted molar refractivity (Wildman–Crippen MR) is 86.3 cm³/mol. The van der Waals surface area contributed by atoms with Crippen LogP contribution in [0.15, 0.2) is 30.4 Å². The summed E-state index contributed by atoms with van der Waals surface area (Å²) in [5.74, 6) is 0. The fraction of sp³-hybridized carbons (Fsp3) is 0.500. The maximum Gasteiger partial charge on any atom is 0.0453 e. The summed E-state index contributed by atoms with van der Waals surface area (Å²) in [7, 11) is 0. The molecule has 0 fully saturated rings. The summed E-state index contributed by atoms with van der Waals surface area (Å²) >= 11 is 12.5. The standard InChI is InChI=1S/C16H23Cl2N/c1-4-9-19-13(10-12(3)5-2)11-14-15(17)7-6-8-16(14)18/h6-8,13,19H,3-5,9-11H2,1-2H3. The van der Waals surface area contributed by atoms with Crippen LogP contribution in [0.5, 0.6) is 0 Å². The van der Waals surface area contributed by atoms with Crippen LogP contribution in [-0.4, -0.2) is 12.6 Å². The first-order valence-electron chi connectivity index (χ1n) is 6.91. The van der Waals surface area contributed by atoms with Crippen LogP contribution in [0.4, 0.5) is 0 Å². The molecule has 0 saturated heterocycles. The Morgan fingerprint density at radius 2 is 1.89 bits per heavy atom. The number of halogens is 2. The Morgan fingerprint density at radius 3 is 2.42 bits per heavy atom. The van der Waals surface area contributed by atoms with Crippen LogP contribution in [-0.2, 0) is 6.42 Å². The van der Waals surface area contributed by atoms with Crippen LogP contribution in [0.1, 0.15) is 38.7 Å². The normalized spacial score (nSPS) is 12.4. The second-order valence-corrected chi connectivity index (χ2v) is 5.68. The monoisotopic (exact) mass is 299 g/mol. The second-order valence-electron chi connectivity index (χ2n) is 4.86. The highest BCUT2D eigenvalue weighted by Crippen LogP contribution is 2.26. The first kappa shape index (κ1) is 16.6. The van der Waals surface area contributed by atoms with Gasteiger partial charge in [0.1, 0.15) is 0 Å². The van der Waals surface area contributed by atoms with Crippen molar-refractivity contribution in [3.05, 3.63) is 46.0 Å². The molecule has 1 aromatic rings. The molecule has 0 aliphatic carbocycles. The van der Waals surface area contributed by atoms with E-state index in [1.54, 1.807) is 0 Å². The van der Waals surface area contributed by atoms with Gasteiger partial charge < -0.3 is 5.32 Å². The lowest BCUT2D eigenvalue weighted by atomic mass is 9.98. The molecule has 0 aromatic heterocycles. The van der Waals surface area contributed by atoms with E-state index in [0.717, 1.165) is 47.8 Å². The van der Waals surface area contributed by atoms with Crippen molar-refractivity contribution in [2.75, 3.05) is 6.54 Å². The zero-order valence-corrected chi connectivity index (χ0v) is 13.3. The third-order valence-electron chi connectivity index (χ3n) is 3.23. The first-order valence-corrected chi connectivity index (χ1v) is 7.67. The maximum absolute atomic E-state index is 6.24. The molecule has 0 amide bonds. The summed E-state index contributed by atoms with van der Waals surface area (Å²) < 4.78 is 0. The smallest absolute Gasteiger partial charge is 0.0453 e. The largest absolute Gasteiger partial charge is 0.313 e. The van der Waals surface area contributed by atoms with Crippen LogP contribution in [0.3, 0.4) is 0 Å². The third-order valence-corrected chi connectivity index (χ3v) is 3.94. The summed E-state index contributed by atoms with van der Waals surface area (Å²) in [5.41, 5.74) is 2.29. The van der Waals surface area contributed by atoms with E-state index in [1.165, 1.54) is 5.57 Å². The van der Waals surface area contributed by atoms with E-state index in [2.05, 4.69) is 25.7 Å². The Kier molecular flexibility index (Phi) is 7.52. The van der Waals surface area contributed by atoms with E-state index in [1.807, 2.05) is 18.2 Å². The third kappa shape index (κ3) is 5.56. The minimum absolute atomic E-state index is 0.352. The van der Waals surface area contributed by atoms with Crippen LogP contribution >= 0.6 is 23.2 Å². The van der Waals surface area contributed by atoms with Gasteiger partial charge in [0.15, 0.2) is 0 Å². The highest BCUT2D eigenvalue weighted by Gasteiger charge is 2.14. The maximum atomic E-state index is 6.24. The van der Waals surface area contributed by atoms with Crippen molar-refractivity contribution >= 4 is 23.2 Å². The van der Waals surface area contributed by atoms with Crippen molar-refractivity contribution in [2.24, 2.45) is 0 Å². The molecular weight excluding hydrogens is 277 g/mol. The van der Waals surface area contributed by atoms with Crippen molar-refractivity contribution in [2.45, 2.75) is 45.6 Å². The van der Waals surface area contributed by atoms with Crippen LogP contribution in [0.2, 0.25) is 10.0 Å². The van der Waals surface area contributed by atoms with Crippen LogP contribution in [0, 0.1) is 0 Å². The van der Waals surface area contributed by atoms with E-state index >= 15 is 0 Å². The van der Waals surface area contributed by atoms with Gasteiger partial charge in [0, 0.05) is 16.1 Å². The van der Waals surface area contributed by atoms with Gasteiger partial charge in [-0.3, -0.25) is 0 Å². The lowest BCUT2D eigenvalue weighted by molar-refractivity contribution is 0.500. The minimum atomic E-state index is 0.352. The highest BCUT2D eigenvalue weighted by atomic mass is 35.5. The topological polar surface area (TPSA) is 12.0 Å². The first-order chi connectivity index (χ1) is 9.08. The Bertz CT molecular complexity index is 395. The summed E-state index contributed by atoms with van der Waals surface area (Å²) in [5, 5.41) is 5.06. The second kappa shape index (κ2) is 8.63. The molecule has 19 heavy (non-hydrogen) atoms. The lowest BCUT2D eigenvalue weighted by Gasteiger charge is -2.20. The molecule has 0 bridgehead atoms. The SMILES string of the molecule is C=C(CC)CC(Cc1c(Cl)cccc1Cl)NCCC. The molecule has 1 rings (SSSR count). The Morgan fingerprint density at radius 1 is 1.26 bits per heavy atom. The van der Waals surface area contributed by atoms with Gasteiger partial charge in [-0.15, -0.1) is 0 Å². The summed E-state index contributed by atoms with van der Waals surface area (Å²) in [6.45, 7) is 9.41. The molecule has 1 nitrogen and oxygen atoms in total. The molecule has 106 valence electrons. The molecule has 1 unspecified atom stereocenters. The molecule has 1 aromatic carbocycles. The Labute approximate surface area is 127 Å². The molecule has 0 aliphatic heterocycles. The van der Waals surface area contributed by atoms with E-state index in [4.69, 9.17) is 23.2 Å². The predicted octanol–water partition coefficient (Wildman–Crippen LogP) is 5.26. The van der Waals surface area contributed by atoms with E-state index < -0.39 is 0 Å². The zero-order valence-electron chi connectivity index (χ0n) is 11.8. The molecule has 0 radical (unpaired) electrons. The average Bonchev–Trinajstić information content (AvgIpc) is 2.39. The van der Waals surface area contributed by atoms with E-state index in [0.29, 0.717) is 6.04 Å². The zero-order chi connectivity index (χ0) is 14.3. The molecule has 0 saturated carbocycles. The molecule has 0 aliphatic rings. The lowest BCUT2D eigenvalue weighted by Crippen LogP contribution is -2.32. The summed E-state index contributed by atoms with van der Waals surface area (Å²) in [4.78, 5) is 0. The van der Waals surface area contributed by atoms with Gasteiger partial charge in [-0.05, 0) is 49.9 Å². The highest BCUT2D eigenvalue weighted by molar-refractivity contribution is 6.36. The van der Waals surface area contributed by atoms with Crippen molar-refractivity contribution < 1.29 is 0 Å². The van der Waals surface area contributed by atoms with Crippen molar-refractivity contribution in [3.63, 3.8) is 0 Å².